The molecule has 3 N–H and O–H groups in total. The van der Waals surface area contributed by atoms with E-state index >= 15 is 0 Å². The summed E-state index contributed by atoms with van der Waals surface area (Å²) in [5, 5.41) is 0. The Balaban J connectivity index is 2.27. The fourth-order valence-corrected chi connectivity index (χ4v) is 2.12. The van der Waals surface area contributed by atoms with Crippen LogP contribution in [0.2, 0.25) is 0 Å². The third-order valence-electron chi connectivity index (χ3n) is 2.96. The van der Waals surface area contributed by atoms with Crippen molar-refractivity contribution in [3.05, 3.63) is 24.5 Å². The van der Waals surface area contributed by atoms with Crippen LogP contribution in [-0.2, 0) is 0 Å². The van der Waals surface area contributed by atoms with Gasteiger partial charge in [-0.1, -0.05) is 13.8 Å². The van der Waals surface area contributed by atoms with Crippen molar-refractivity contribution < 1.29 is 0 Å². The van der Waals surface area contributed by atoms with Crippen LogP contribution in [-0.4, -0.2) is 28.0 Å². The van der Waals surface area contributed by atoms with Crippen LogP contribution >= 0.6 is 0 Å². The molecule has 2 aromatic rings. The first-order chi connectivity index (χ1) is 9.24. The number of nitrogens with two attached hydrogens (primary N) is 1. The number of nitrogen functional groups attached to an aromatic ring is 1. The van der Waals surface area contributed by atoms with Crippen LogP contribution < -0.4 is 10.6 Å². The molecule has 2 heterocycles. The molecular formula is C14H21N5. The fourth-order valence-electron chi connectivity index (χ4n) is 2.12. The van der Waals surface area contributed by atoms with E-state index in [-0.39, 0.29) is 0 Å². The number of hydrogen-bond donors (Lipinski definition) is 2. The number of aromatic amines is 1. The lowest BCUT2D eigenvalue weighted by Crippen LogP contribution is -2.25. The molecule has 0 atom stereocenters. The van der Waals surface area contributed by atoms with Crippen LogP contribution in [0, 0.1) is 0 Å². The van der Waals surface area contributed by atoms with Crippen molar-refractivity contribution >= 4 is 11.8 Å². The highest BCUT2D eigenvalue weighted by molar-refractivity contribution is 5.63. The van der Waals surface area contributed by atoms with E-state index in [1.54, 1.807) is 6.20 Å². The Morgan fingerprint density at radius 2 is 1.95 bits per heavy atom. The average Bonchev–Trinajstić information content (AvgIpc) is 2.85. The lowest BCUT2D eigenvalue weighted by Gasteiger charge is -2.22. The van der Waals surface area contributed by atoms with E-state index < -0.39 is 0 Å². The first-order valence-corrected chi connectivity index (χ1v) is 6.76. The first kappa shape index (κ1) is 13.4. The molecule has 0 radical (unpaired) electrons. The SMILES string of the molecule is CCCN(CCC)c1cc(-c2cnc(N)[nH]2)ccn1. The van der Waals surface area contributed by atoms with Gasteiger partial charge >= 0.3 is 0 Å². The van der Waals surface area contributed by atoms with Crippen molar-refractivity contribution in [2.75, 3.05) is 23.7 Å². The minimum absolute atomic E-state index is 0.437. The second-order valence-corrected chi connectivity index (χ2v) is 4.57. The Morgan fingerprint density at radius 3 is 2.53 bits per heavy atom. The van der Waals surface area contributed by atoms with E-state index in [0.717, 1.165) is 43.0 Å². The van der Waals surface area contributed by atoms with Gasteiger partial charge in [0.15, 0.2) is 5.95 Å². The summed E-state index contributed by atoms with van der Waals surface area (Å²) in [6.45, 7) is 6.41. The van der Waals surface area contributed by atoms with Crippen LogP contribution in [0.25, 0.3) is 11.3 Å². The molecule has 0 saturated carbocycles. The number of rotatable bonds is 6. The normalized spacial score (nSPS) is 10.6. The fraction of sp³-hybridized carbons (Fsp3) is 0.429. The van der Waals surface area contributed by atoms with Crippen molar-refractivity contribution in [3.8, 4) is 11.3 Å². The molecule has 0 aliphatic heterocycles. The summed E-state index contributed by atoms with van der Waals surface area (Å²) >= 11 is 0. The lowest BCUT2D eigenvalue weighted by molar-refractivity contribution is 0.734. The molecule has 19 heavy (non-hydrogen) atoms. The minimum Gasteiger partial charge on any atom is -0.369 e. The first-order valence-electron chi connectivity index (χ1n) is 6.76. The number of H-pyrrole nitrogens is 1. The lowest BCUT2D eigenvalue weighted by atomic mass is 10.2. The maximum Gasteiger partial charge on any atom is 0.197 e. The molecule has 0 spiro atoms. The van der Waals surface area contributed by atoms with Crippen LogP contribution in [0.3, 0.4) is 0 Å². The van der Waals surface area contributed by atoms with Gasteiger partial charge in [-0.2, -0.15) is 0 Å². The molecule has 2 rings (SSSR count). The molecule has 0 aromatic carbocycles. The quantitative estimate of drug-likeness (QED) is 0.836. The Bertz CT molecular complexity index is 514. The molecule has 0 amide bonds. The third kappa shape index (κ3) is 3.24. The molecule has 0 fully saturated rings. The van der Waals surface area contributed by atoms with Gasteiger partial charge in [0, 0.05) is 24.8 Å². The van der Waals surface area contributed by atoms with Crippen molar-refractivity contribution in [3.63, 3.8) is 0 Å². The molecular weight excluding hydrogens is 238 g/mol. The molecule has 102 valence electrons. The number of anilines is 2. The maximum atomic E-state index is 5.62. The Morgan fingerprint density at radius 1 is 1.21 bits per heavy atom. The molecule has 5 nitrogen and oxygen atoms in total. The van der Waals surface area contributed by atoms with Crippen LogP contribution in [0.1, 0.15) is 26.7 Å². The highest BCUT2D eigenvalue weighted by Crippen LogP contribution is 2.22. The van der Waals surface area contributed by atoms with Gasteiger partial charge in [0.05, 0.1) is 11.9 Å². The van der Waals surface area contributed by atoms with E-state index in [4.69, 9.17) is 5.73 Å². The maximum absolute atomic E-state index is 5.62. The van der Waals surface area contributed by atoms with Crippen LogP contribution in [0.15, 0.2) is 24.5 Å². The number of nitrogens with zero attached hydrogens (tertiary/aromatic N) is 3. The zero-order chi connectivity index (χ0) is 13.7. The van der Waals surface area contributed by atoms with Gasteiger partial charge in [0.2, 0.25) is 0 Å². The van der Waals surface area contributed by atoms with Crippen molar-refractivity contribution in [1.82, 2.24) is 15.0 Å². The van der Waals surface area contributed by atoms with Gasteiger partial charge in [0.25, 0.3) is 0 Å². The molecule has 5 heteroatoms. The van der Waals surface area contributed by atoms with Gasteiger partial charge in [-0.25, -0.2) is 9.97 Å². The standard InChI is InChI=1S/C14H21N5/c1-3-7-19(8-4-2)13-9-11(5-6-16-13)12-10-17-14(15)18-12/h5-6,9-10H,3-4,7-8H2,1-2H3,(H3,15,17,18). The Kier molecular flexibility index (Phi) is 4.39. The Labute approximate surface area is 113 Å². The molecule has 0 bridgehead atoms. The summed E-state index contributed by atoms with van der Waals surface area (Å²) in [6, 6.07) is 4.05. The zero-order valence-electron chi connectivity index (χ0n) is 11.6. The highest BCUT2D eigenvalue weighted by Gasteiger charge is 2.08. The number of imidazole rings is 1. The van der Waals surface area contributed by atoms with Gasteiger partial charge in [-0.05, 0) is 25.0 Å². The molecule has 0 aliphatic rings. The summed E-state index contributed by atoms with van der Waals surface area (Å²) in [4.78, 5) is 13.8. The highest BCUT2D eigenvalue weighted by atomic mass is 15.2. The minimum atomic E-state index is 0.437. The summed E-state index contributed by atoms with van der Waals surface area (Å²) in [7, 11) is 0. The average molecular weight is 259 g/mol. The molecule has 0 aliphatic carbocycles. The predicted molar refractivity (Wildman–Crippen MR) is 79.0 cm³/mol. The second kappa shape index (κ2) is 6.22. The summed E-state index contributed by atoms with van der Waals surface area (Å²) in [5.74, 6) is 1.45. The van der Waals surface area contributed by atoms with Crippen LogP contribution in [0.5, 0.6) is 0 Å². The monoisotopic (exact) mass is 259 g/mol. The van der Waals surface area contributed by atoms with Gasteiger partial charge < -0.3 is 15.6 Å². The molecule has 2 aromatic heterocycles. The largest absolute Gasteiger partial charge is 0.369 e. The van der Waals surface area contributed by atoms with Crippen LogP contribution in [0.4, 0.5) is 11.8 Å². The van der Waals surface area contributed by atoms with E-state index in [1.807, 2.05) is 12.3 Å². The summed E-state index contributed by atoms with van der Waals surface area (Å²) in [6.07, 6.45) is 5.81. The second-order valence-electron chi connectivity index (χ2n) is 4.57. The molecule has 0 unspecified atom stereocenters. The van der Waals surface area contributed by atoms with E-state index in [1.165, 1.54) is 0 Å². The smallest absolute Gasteiger partial charge is 0.197 e. The Hall–Kier alpha value is -2.04. The number of nitrogens with one attached hydrogen (secondary N) is 1. The number of aromatic nitrogens is 3. The van der Waals surface area contributed by atoms with Gasteiger partial charge in [-0.15, -0.1) is 0 Å². The van der Waals surface area contributed by atoms with Gasteiger partial charge in [0.1, 0.15) is 5.82 Å². The van der Waals surface area contributed by atoms with Gasteiger partial charge in [-0.3, -0.25) is 0 Å². The predicted octanol–water partition coefficient (Wildman–Crippen LogP) is 2.68. The van der Waals surface area contributed by atoms with Crippen molar-refractivity contribution in [2.45, 2.75) is 26.7 Å². The van der Waals surface area contributed by atoms with E-state index in [9.17, 15) is 0 Å². The number of hydrogen-bond acceptors (Lipinski definition) is 4. The third-order valence-corrected chi connectivity index (χ3v) is 2.96. The van der Waals surface area contributed by atoms with E-state index in [2.05, 4.69) is 39.8 Å². The summed E-state index contributed by atoms with van der Waals surface area (Å²) < 4.78 is 0. The molecule has 0 saturated heterocycles. The number of pyridine rings is 1. The summed E-state index contributed by atoms with van der Waals surface area (Å²) in [5.41, 5.74) is 7.60. The topological polar surface area (TPSA) is 70.8 Å². The van der Waals surface area contributed by atoms with E-state index in [0.29, 0.717) is 5.95 Å². The van der Waals surface area contributed by atoms with Crippen molar-refractivity contribution in [1.29, 1.82) is 0 Å². The van der Waals surface area contributed by atoms with Crippen molar-refractivity contribution in [2.24, 2.45) is 0 Å². The zero-order valence-corrected chi connectivity index (χ0v) is 11.6.